The van der Waals surface area contributed by atoms with Crippen LogP contribution in [0, 0.1) is 12.8 Å². The summed E-state index contributed by atoms with van der Waals surface area (Å²) in [5.41, 5.74) is 3.33. The van der Waals surface area contributed by atoms with Crippen molar-refractivity contribution in [1.82, 2.24) is 29.2 Å². The van der Waals surface area contributed by atoms with Gasteiger partial charge in [0.2, 0.25) is 0 Å². The van der Waals surface area contributed by atoms with E-state index in [1.165, 1.54) is 0 Å². The Morgan fingerprint density at radius 1 is 1.13 bits per heavy atom. The van der Waals surface area contributed by atoms with Crippen molar-refractivity contribution in [2.24, 2.45) is 5.92 Å². The number of likely N-dealkylation sites (tertiary alicyclic amines) is 1. The Balaban J connectivity index is 1.38. The van der Waals surface area contributed by atoms with Gasteiger partial charge in [0.05, 0.1) is 25.1 Å². The molecule has 0 amide bonds. The van der Waals surface area contributed by atoms with Crippen LogP contribution < -0.4 is 10.3 Å². The lowest BCUT2D eigenvalue weighted by Gasteiger charge is -2.34. The number of hydrogen-bond donors (Lipinski definition) is 0. The first-order chi connectivity index (χ1) is 18.6. The van der Waals surface area contributed by atoms with Gasteiger partial charge < -0.3 is 14.4 Å². The molecule has 0 spiro atoms. The van der Waals surface area contributed by atoms with Gasteiger partial charge >= 0.3 is 0 Å². The van der Waals surface area contributed by atoms with Crippen LogP contribution in [0.4, 0.5) is 0 Å². The molecule has 0 bridgehead atoms. The zero-order chi connectivity index (χ0) is 26.1. The zero-order valence-electron chi connectivity index (χ0n) is 22.0. The summed E-state index contributed by atoms with van der Waals surface area (Å²) in [5, 5.41) is 4.67. The van der Waals surface area contributed by atoms with Gasteiger partial charge in [-0.25, -0.2) is 9.67 Å². The number of aryl methyl sites for hydroxylation is 1. The highest BCUT2D eigenvalue weighted by atomic mass is 16.5. The molecular weight excluding hydrogens is 480 g/mol. The fourth-order valence-corrected chi connectivity index (χ4v) is 5.78. The van der Waals surface area contributed by atoms with Gasteiger partial charge in [-0.05, 0) is 69.3 Å². The van der Waals surface area contributed by atoms with Crippen molar-refractivity contribution in [3.8, 4) is 22.8 Å². The Labute approximate surface area is 222 Å². The molecule has 0 N–H and O–H groups in total. The van der Waals surface area contributed by atoms with Crippen LogP contribution in [0.25, 0.3) is 28.1 Å². The lowest BCUT2D eigenvalue weighted by Crippen LogP contribution is -2.42. The number of aromatic nitrogens is 5. The molecule has 6 rings (SSSR count). The normalized spacial score (nSPS) is 20.3. The average Bonchev–Trinajstić information content (AvgIpc) is 3.61. The number of fused-ring (bicyclic) bond motifs is 1. The van der Waals surface area contributed by atoms with E-state index in [2.05, 4.69) is 15.0 Å². The largest absolute Gasteiger partial charge is 0.497 e. The van der Waals surface area contributed by atoms with E-state index in [9.17, 15) is 4.79 Å². The summed E-state index contributed by atoms with van der Waals surface area (Å²) in [6, 6.07) is 11.5. The molecule has 38 heavy (non-hydrogen) atoms. The van der Waals surface area contributed by atoms with Gasteiger partial charge in [-0.1, -0.05) is 6.07 Å². The smallest absolute Gasteiger partial charge is 0.282 e. The van der Waals surface area contributed by atoms with Gasteiger partial charge in [0.25, 0.3) is 5.56 Å². The quantitative estimate of drug-likeness (QED) is 0.370. The molecule has 2 saturated heterocycles. The molecule has 4 aromatic rings. The molecule has 2 atom stereocenters. The van der Waals surface area contributed by atoms with E-state index >= 15 is 0 Å². The van der Waals surface area contributed by atoms with Crippen LogP contribution in [0.2, 0.25) is 0 Å². The van der Waals surface area contributed by atoms with Crippen LogP contribution in [0.1, 0.15) is 31.4 Å². The Morgan fingerprint density at radius 2 is 2.05 bits per heavy atom. The van der Waals surface area contributed by atoms with Crippen molar-refractivity contribution in [2.45, 2.75) is 45.3 Å². The van der Waals surface area contributed by atoms with Gasteiger partial charge in [-0.15, -0.1) is 0 Å². The van der Waals surface area contributed by atoms with E-state index in [1.54, 1.807) is 18.0 Å². The number of hydrogen-bond acceptors (Lipinski definition) is 7. The molecule has 0 saturated carbocycles. The Morgan fingerprint density at radius 3 is 2.87 bits per heavy atom. The first-order valence-electron chi connectivity index (χ1n) is 13.5. The van der Waals surface area contributed by atoms with Gasteiger partial charge in [-0.2, -0.15) is 5.10 Å². The van der Waals surface area contributed by atoms with Crippen molar-refractivity contribution < 1.29 is 9.47 Å². The predicted molar refractivity (Wildman–Crippen MR) is 146 cm³/mol. The molecule has 5 heterocycles. The molecule has 2 aliphatic rings. The summed E-state index contributed by atoms with van der Waals surface area (Å²) in [7, 11) is 1.63. The van der Waals surface area contributed by atoms with Crippen molar-refractivity contribution in [1.29, 1.82) is 0 Å². The highest BCUT2D eigenvalue weighted by Gasteiger charge is 2.27. The zero-order valence-corrected chi connectivity index (χ0v) is 22.0. The van der Waals surface area contributed by atoms with Crippen LogP contribution in [0.5, 0.6) is 5.75 Å². The standard InChI is InChI=1S/C29H34N6O3/c1-20-25(11-4-12-30-20)28-31-26-19-35(22-8-3-9-23(15-22)37-2)32-27(26)29(36)34(28)17-21-7-5-13-33(16-21)18-24-10-6-14-38-24/h3-4,8-9,11-12,15,19,21,24H,5-7,10,13-14,16-18H2,1-2H3/t21-,24-/m0/s1. The molecule has 1 aromatic carbocycles. The fraction of sp³-hybridized carbons (Fsp3) is 0.448. The molecule has 0 aliphatic carbocycles. The number of ether oxygens (including phenoxy) is 2. The number of methoxy groups -OCH3 is 1. The Kier molecular flexibility index (Phi) is 6.95. The molecule has 198 valence electrons. The SMILES string of the molecule is COc1cccc(-n2cc3nc(-c4cccnc4C)n(C[C@H]4CCCN(C[C@@H]5CCCO5)C4)c(=O)c3n2)c1. The minimum Gasteiger partial charge on any atom is -0.497 e. The van der Waals surface area contributed by atoms with E-state index in [4.69, 9.17) is 14.5 Å². The van der Waals surface area contributed by atoms with Crippen LogP contribution >= 0.6 is 0 Å². The van der Waals surface area contributed by atoms with E-state index in [0.29, 0.717) is 35.4 Å². The van der Waals surface area contributed by atoms with Gasteiger partial charge in [0, 0.05) is 49.8 Å². The van der Waals surface area contributed by atoms with Gasteiger partial charge in [-0.3, -0.25) is 14.3 Å². The number of benzene rings is 1. The van der Waals surface area contributed by atoms with Crippen LogP contribution in [-0.2, 0) is 11.3 Å². The number of piperidine rings is 1. The third kappa shape index (κ3) is 4.96. The molecule has 0 radical (unpaired) electrons. The summed E-state index contributed by atoms with van der Waals surface area (Å²) >= 11 is 0. The highest BCUT2D eigenvalue weighted by molar-refractivity contribution is 5.76. The predicted octanol–water partition coefficient (Wildman–Crippen LogP) is 3.85. The number of pyridine rings is 1. The number of nitrogens with zero attached hydrogens (tertiary/aromatic N) is 6. The molecule has 3 aromatic heterocycles. The average molecular weight is 515 g/mol. The molecule has 9 heteroatoms. The summed E-state index contributed by atoms with van der Waals surface area (Å²) in [6.07, 6.45) is 8.41. The van der Waals surface area contributed by atoms with E-state index < -0.39 is 0 Å². The molecular formula is C29H34N6O3. The lowest BCUT2D eigenvalue weighted by atomic mass is 9.97. The van der Waals surface area contributed by atoms with Crippen LogP contribution in [0.15, 0.2) is 53.6 Å². The van der Waals surface area contributed by atoms with Crippen molar-refractivity contribution >= 4 is 11.0 Å². The molecule has 9 nitrogen and oxygen atoms in total. The molecule has 2 fully saturated rings. The molecule has 2 aliphatic heterocycles. The lowest BCUT2D eigenvalue weighted by molar-refractivity contribution is 0.0545. The third-order valence-corrected chi connectivity index (χ3v) is 7.72. The summed E-state index contributed by atoms with van der Waals surface area (Å²) < 4.78 is 14.8. The maximum Gasteiger partial charge on any atom is 0.282 e. The summed E-state index contributed by atoms with van der Waals surface area (Å²) in [4.78, 5) is 26.0. The van der Waals surface area contributed by atoms with Crippen molar-refractivity contribution in [3.05, 3.63) is 64.8 Å². The third-order valence-electron chi connectivity index (χ3n) is 7.72. The first-order valence-corrected chi connectivity index (χ1v) is 13.5. The van der Waals surface area contributed by atoms with E-state index in [-0.39, 0.29) is 5.56 Å². The van der Waals surface area contributed by atoms with Crippen molar-refractivity contribution in [3.63, 3.8) is 0 Å². The highest BCUT2D eigenvalue weighted by Crippen LogP contribution is 2.26. The minimum absolute atomic E-state index is 0.119. The Hall–Kier alpha value is -3.56. The fourth-order valence-electron chi connectivity index (χ4n) is 5.78. The minimum atomic E-state index is -0.119. The second-order valence-electron chi connectivity index (χ2n) is 10.4. The molecule has 0 unspecified atom stereocenters. The Bertz CT molecular complexity index is 1490. The summed E-state index contributed by atoms with van der Waals surface area (Å²) in [5.74, 6) is 1.72. The topological polar surface area (TPSA) is 87.3 Å². The van der Waals surface area contributed by atoms with Gasteiger partial charge in [0.1, 0.15) is 17.1 Å². The van der Waals surface area contributed by atoms with Crippen molar-refractivity contribution in [2.75, 3.05) is 33.4 Å². The maximum absolute atomic E-state index is 14.0. The van der Waals surface area contributed by atoms with E-state index in [1.807, 2.05) is 54.1 Å². The van der Waals surface area contributed by atoms with Crippen LogP contribution in [0.3, 0.4) is 0 Å². The number of rotatable bonds is 7. The second-order valence-corrected chi connectivity index (χ2v) is 10.4. The van der Waals surface area contributed by atoms with E-state index in [0.717, 1.165) is 74.6 Å². The monoisotopic (exact) mass is 514 g/mol. The van der Waals surface area contributed by atoms with Gasteiger partial charge in [0.15, 0.2) is 5.52 Å². The second kappa shape index (κ2) is 10.7. The maximum atomic E-state index is 14.0. The summed E-state index contributed by atoms with van der Waals surface area (Å²) in [6.45, 7) is 6.44. The first kappa shape index (κ1) is 24.8. The van der Waals surface area contributed by atoms with Crippen LogP contribution in [-0.4, -0.2) is 68.7 Å².